The topological polar surface area (TPSA) is 75.8 Å². The molecule has 112 valence electrons. The molecular formula is C15H17FN2O3. The van der Waals surface area contributed by atoms with E-state index in [-0.39, 0.29) is 17.8 Å². The van der Waals surface area contributed by atoms with Crippen LogP contribution in [0.3, 0.4) is 0 Å². The lowest BCUT2D eigenvalue weighted by molar-refractivity contribution is -0.0537. The summed E-state index contributed by atoms with van der Waals surface area (Å²) in [6.45, 7) is 1.59. The molecule has 1 atom stereocenters. The number of nitrogens with two attached hydrogens (primary N) is 1. The van der Waals surface area contributed by atoms with Gasteiger partial charge >= 0.3 is 6.03 Å². The van der Waals surface area contributed by atoms with Gasteiger partial charge in [-0.2, -0.15) is 5.06 Å². The summed E-state index contributed by atoms with van der Waals surface area (Å²) in [6.07, 6.45) is 1.59. The first-order chi connectivity index (χ1) is 9.95. The third-order valence-corrected chi connectivity index (χ3v) is 3.30. The molecule has 0 bridgehead atoms. The molecule has 3 N–H and O–H groups in total. The Labute approximate surface area is 122 Å². The molecule has 0 saturated heterocycles. The van der Waals surface area contributed by atoms with E-state index in [1.165, 1.54) is 12.1 Å². The molecule has 0 heterocycles. The lowest BCUT2D eigenvalue weighted by Gasteiger charge is -2.32. The standard InChI is InChI=1S/C15H17FN2O3/c1-10(18(20)15(17)19)2-3-11-8-14(9-11)21-13-6-4-12(16)5-7-13/h4-7,10-11,14,20H,8-9H2,1H3,(H2,17,19)/t10?,11-,14-. The molecule has 6 heteroatoms. The molecule has 21 heavy (non-hydrogen) atoms. The second kappa shape index (κ2) is 6.46. The number of rotatable bonds is 3. The molecule has 1 aliphatic rings. The van der Waals surface area contributed by atoms with Crippen LogP contribution in [0.25, 0.3) is 0 Å². The number of benzene rings is 1. The second-order valence-electron chi connectivity index (χ2n) is 5.01. The molecular weight excluding hydrogens is 275 g/mol. The highest BCUT2D eigenvalue weighted by molar-refractivity contribution is 5.71. The van der Waals surface area contributed by atoms with E-state index in [4.69, 9.17) is 10.5 Å². The summed E-state index contributed by atoms with van der Waals surface area (Å²) in [7, 11) is 0. The van der Waals surface area contributed by atoms with Crippen LogP contribution in [-0.2, 0) is 0 Å². The van der Waals surface area contributed by atoms with E-state index < -0.39 is 12.1 Å². The van der Waals surface area contributed by atoms with Gasteiger partial charge in [-0.15, -0.1) is 0 Å². The van der Waals surface area contributed by atoms with Crippen LogP contribution in [0.5, 0.6) is 5.75 Å². The Morgan fingerprint density at radius 2 is 2.10 bits per heavy atom. The molecule has 1 saturated carbocycles. The average molecular weight is 292 g/mol. The van der Waals surface area contributed by atoms with Crippen molar-refractivity contribution in [2.75, 3.05) is 0 Å². The van der Waals surface area contributed by atoms with E-state index in [0.717, 1.165) is 12.8 Å². The van der Waals surface area contributed by atoms with E-state index in [2.05, 4.69) is 11.8 Å². The summed E-state index contributed by atoms with van der Waals surface area (Å²) >= 11 is 0. The van der Waals surface area contributed by atoms with Gasteiger partial charge in [-0.05, 0) is 44.0 Å². The van der Waals surface area contributed by atoms with Crippen molar-refractivity contribution in [1.29, 1.82) is 0 Å². The van der Waals surface area contributed by atoms with Crippen LogP contribution in [0.4, 0.5) is 9.18 Å². The highest BCUT2D eigenvalue weighted by atomic mass is 19.1. The summed E-state index contributed by atoms with van der Waals surface area (Å²) in [5, 5.41) is 9.67. The number of hydrogen-bond acceptors (Lipinski definition) is 3. The lowest BCUT2D eigenvalue weighted by Crippen LogP contribution is -2.39. The fourth-order valence-corrected chi connectivity index (χ4v) is 1.98. The van der Waals surface area contributed by atoms with E-state index in [9.17, 15) is 14.4 Å². The summed E-state index contributed by atoms with van der Waals surface area (Å²) < 4.78 is 18.4. The van der Waals surface area contributed by atoms with Gasteiger partial charge in [0.1, 0.15) is 23.7 Å². The van der Waals surface area contributed by atoms with Crippen LogP contribution < -0.4 is 10.5 Å². The predicted molar refractivity (Wildman–Crippen MR) is 74.0 cm³/mol. The Morgan fingerprint density at radius 3 is 2.67 bits per heavy atom. The maximum atomic E-state index is 12.7. The van der Waals surface area contributed by atoms with Crippen molar-refractivity contribution in [1.82, 2.24) is 5.06 Å². The Balaban J connectivity index is 1.77. The number of amides is 2. The van der Waals surface area contributed by atoms with Crippen LogP contribution in [0.15, 0.2) is 24.3 Å². The molecule has 1 unspecified atom stereocenters. The molecule has 0 radical (unpaired) electrons. The van der Waals surface area contributed by atoms with Crippen molar-refractivity contribution >= 4 is 6.03 Å². The van der Waals surface area contributed by atoms with Crippen LogP contribution in [0, 0.1) is 23.6 Å². The monoisotopic (exact) mass is 292 g/mol. The van der Waals surface area contributed by atoms with Gasteiger partial charge in [0.15, 0.2) is 0 Å². The Morgan fingerprint density at radius 1 is 1.48 bits per heavy atom. The molecule has 1 aromatic rings. The van der Waals surface area contributed by atoms with Crippen molar-refractivity contribution in [3.63, 3.8) is 0 Å². The second-order valence-corrected chi connectivity index (χ2v) is 5.01. The number of halogens is 1. The van der Waals surface area contributed by atoms with Gasteiger partial charge in [-0.1, -0.05) is 11.8 Å². The smallest absolute Gasteiger partial charge is 0.339 e. The largest absolute Gasteiger partial charge is 0.490 e. The number of ether oxygens (including phenoxy) is 1. The third-order valence-electron chi connectivity index (χ3n) is 3.30. The molecule has 0 aromatic heterocycles. The van der Waals surface area contributed by atoms with Gasteiger partial charge in [0, 0.05) is 5.92 Å². The number of hydroxylamine groups is 2. The minimum absolute atomic E-state index is 0.0615. The minimum atomic E-state index is -0.928. The van der Waals surface area contributed by atoms with Crippen LogP contribution in [0.2, 0.25) is 0 Å². The third kappa shape index (κ3) is 4.10. The summed E-state index contributed by atoms with van der Waals surface area (Å²) in [5.74, 6) is 6.26. The van der Waals surface area contributed by atoms with Gasteiger partial charge in [0.2, 0.25) is 0 Å². The molecule has 1 aromatic carbocycles. The van der Waals surface area contributed by atoms with E-state index >= 15 is 0 Å². The van der Waals surface area contributed by atoms with Gasteiger partial charge in [-0.3, -0.25) is 5.21 Å². The molecule has 5 nitrogen and oxygen atoms in total. The highest BCUT2D eigenvalue weighted by Gasteiger charge is 2.29. The number of carbonyl (C=O) groups is 1. The summed E-state index contributed by atoms with van der Waals surface area (Å²) in [5.41, 5.74) is 4.93. The van der Waals surface area contributed by atoms with Crippen molar-refractivity contribution in [3.05, 3.63) is 30.1 Å². The van der Waals surface area contributed by atoms with Gasteiger partial charge < -0.3 is 10.5 Å². The van der Waals surface area contributed by atoms with Crippen molar-refractivity contribution < 1.29 is 19.1 Å². The number of urea groups is 1. The van der Waals surface area contributed by atoms with Crippen molar-refractivity contribution in [3.8, 4) is 17.6 Å². The highest BCUT2D eigenvalue weighted by Crippen LogP contribution is 2.30. The average Bonchev–Trinajstić information content (AvgIpc) is 2.41. The Hall–Kier alpha value is -2.26. The van der Waals surface area contributed by atoms with Crippen LogP contribution in [0.1, 0.15) is 19.8 Å². The number of carbonyl (C=O) groups excluding carboxylic acids is 1. The fraction of sp³-hybridized carbons (Fsp3) is 0.400. The molecule has 1 fully saturated rings. The number of hydrogen-bond donors (Lipinski definition) is 2. The fourth-order valence-electron chi connectivity index (χ4n) is 1.98. The molecule has 0 spiro atoms. The molecule has 1 aliphatic carbocycles. The molecule has 0 aliphatic heterocycles. The predicted octanol–water partition coefficient (Wildman–Crippen LogP) is 2.14. The van der Waals surface area contributed by atoms with Crippen molar-refractivity contribution in [2.45, 2.75) is 31.9 Å². The minimum Gasteiger partial charge on any atom is -0.490 e. The van der Waals surface area contributed by atoms with Crippen molar-refractivity contribution in [2.24, 2.45) is 11.7 Å². The van der Waals surface area contributed by atoms with E-state index in [0.29, 0.717) is 10.8 Å². The van der Waals surface area contributed by atoms with Crippen LogP contribution in [-0.4, -0.2) is 28.4 Å². The van der Waals surface area contributed by atoms with Gasteiger partial charge in [-0.25, -0.2) is 9.18 Å². The van der Waals surface area contributed by atoms with Gasteiger partial charge in [0.25, 0.3) is 0 Å². The maximum absolute atomic E-state index is 12.7. The normalized spacial score (nSPS) is 21.5. The zero-order valence-electron chi connectivity index (χ0n) is 11.6. The first kappa shape index (κ1) is 15.1. The SMILES string of the molecule is CC(C#C[C@H]1C[C@H](Oc2ccc(F)cc2)C1)N(O)C(N)=O. The number of primary amides is 1. The first-order valence-electron chi connectivity index (χ1n) is 6.66. The number of nitrogens with zero attached hydrogens (tertiary/aromatic N) is 1. The van der Waals surface area contributed by atoms with E-state index in [1.54, 1.807) is 19.1 Å². The maximum Gasteiger partial charge on any atom is 0.339 e. The summed E-state index contributed by atoms with van der Waals surface area (Å²) in [4.78, 5) is 10.7. The van der Waals surface area contributed by atoms with Gasteiger partial charge in [0.05, 0.1) is 0 Å². The molecule has 2 amide bonds. The quantitative estimate of drug-likeness (QED) is 0.509. The zero-order valence-corrected chi connectivity index (χ0v) is 11.6. The Kier molecular flexibility index (Phi) is 4.66. The van der Waals surface area contributed by atoms with E-state index in [1.807, 2.05) is 0 Å². The first-order valence-corrected chi connectivity index (χ1v) is 6.66. The lowest BCUT2D eigenvalue weighted by atomic mass is 9.82. The Bertz CT molecular complexity index is 559. The summed E-state index contributed by atoms with van der Waals surface area (Å²) in [6, 6.07) is 4.32. The van der Waals surface area contributed by atoms with Crippen LogP contribution >= 0.6 is 0 Å². The zero-order chi connectivity index (χ0) is 15.4. The molecule has 2 rings (SSSR count).